The van der Waals surface area contributed by atoms with E-state index in [0.717, 1.165) is 11.3 Å². The van der Waals surface area contributed by atoms with E-state index in [1.807, 2.05) is 47.0 Å². The zero-order chi connectivity index (χ0) is 23.9. The number of carbonyl (C=O) groups is 2. The molecule has 1 saturated heterocycles. The molecule has 1 aliphatic rings. The van der Waals surface area contributed by atoms with E-state index in [9.17, 15) is 9.59 Å². The number of hydrogen-bond donors (Lipinski definition) is 1. The highest BCUT2D eigenvalue weighted by Gasteiger charge is 2.25. The van der Waals surface area contributed by atoms with Gasteiger partial charge in [0.25, 0.3) is 0 Å². The van der Waals surface area contributed by atoms with E-state index >= 15 is 0 Å². The second kappa shape index (κ2) is 11.2. The van der Waals surface area contributed by atoms with Gasteiger partial charge in [-0.15, -0.1) is 16.8 Å². The fraction of sp³-hybridized carbons (Fsp3) is 0.250. The largest absolute Gasteiger partial charge is 0.338 e. The van der Waals surface area contributed by atoms with Gasteiger partial charge in [-0.1, -0.05) is 47.6 Å². The number of halogens is 1. The van der Waals surface area contributed by atoms with Crippen LogP contribution in [0, 0.1) is 0 Å². The van der Waals surface area contributed by atoms with Crippen LogP contribution in [0.5, 0.6) is 0 Å². The van der Waals surface area contributed by atoms with E-state index < -0.39 is 0 Å². The van der Waals surface area contributed by atoms with Crippen molar-refractivity contribution in [2.45, 2.75) is 11.7 Å². The number of rotatable bonds is 7. The number of allylic oxidation sites excluding steroid dienone is 1. The summed E-state index contributed by atoms with van der Waals surface area (Å²) in [7, 11) is 0. The number of piperazine rings is 1. The van der Waals surface area contributed by atoms with Crippen molar-refractivity contribution < 1.29 is 9.59 Å². The molecule has 0 atom stereocenters. The molecule has 3 aromatic rings. The predicted octanol–water partition coefficient (Wildman–Crippen LogP) is 4.25. The first-order valence-electron chi connectivity index (χ1n) is 10.9. The highest BCUT2D eigenvalue weighted by Crippen LogP contribution is 2.25. The Hall–Kier alpha value is -3.30. The molecule has 3 amide bonds. The van der Waals surface area contributed by atoms with Crippen molar-refractivity contribution in [2.24, 2.45) is 0 Å². The molecule has 0 bridgehead atoms. The summed E-state index contributed by atoms with van der Waals surface area (Å²) >= 11 is 7.34. The van der Waals surface area contributed by atoms with Crippen molar-refractivity contribution in [1.29, 1.82) is 0 Å². The summed E-state index contributed by atoms with van der Waals surface area (Å²) in [6, 6.07) is 16.6. The van der Waals surface area contributed by atoms with E-state index in [0.29, 0.717) is 48.7 Å². The van der Waals surface area contributed by atoms with Gasteiger partial charge in [0.2, 0.25) is 5.91 Å². The van der Waals surface area contributed by atoms with Gasteiger partial charge in [-0.3, -0.25) is 9.36 Å². The van der Waals surface area contributed by atoms with Gasteiger partial charge in [0.15, 0.2) is 11.0 Å². The van der Waals surface area contributed by atoms with Crippen LogP contribution in [-0.4, -0.2) is 68.4 Å². The van der Waals surface area contributed by atoms with Crippen molar-refractivity contribution in [3.8, 4) is 11.4 Å². The molecule has 0 unspecified atom stereocenters. The summed E-state index contributed by atoms with van der Waals surface area (Å²) in [6.07, 6.45) is 1.77. The van der Waals surface area contributed by atoms with Gasteiger partial charge in [-0.05, 0) is 36.4 Å². The van der Waals surface area contributed by atoms with Gasteiger partial charge >= 0.3 is 6.03 Å². The first kappa shape index (κ1) is 23.8. The van der Waals surface area contributed by atoms with Crippen LogP contribution < -0.4 is 5.32 Å². The lowest BCUT2D eigenvalue weighted by Gasteiger charge is -2.34. The third-order valence-electron chi connectivity index (χ3n) is 5.40. The average Bonchev–Trinajstić information content (AvgIpc) is 3.26. The molecule has 1 fully saturated rings. The van der Waals surface area contributed by atoms with Gasteiger partial charge in [-0.25, -0.2) is 4.79 Å². The third kappa shape index (κ3) is 5.78. The Labute approximate surface area is 207 Å². The molecule has 0 spiro atoms. The highest BCUT2D eigenvalue weighted by molar-refractivity contribution is 7.99. The second-order valence-corrected chi connectivity index (χ2v) is 9.04. The van der Waals surface area contributed by atoms with Crippen molar-refractivity contribution in [1.82, 2.24) is 24.6 Å². The molecule has 1 aromatic heterocycles. The fourth-order valence-electron chi connectivity index (χ4n) is 3.60. The summed E-state index contributed by atoms with van der Waals surface area (Å²) in [5.41, 5.74) is 1.64. The number of thioether (sulfide) groups is 1. The van der Waals surface area contributed by atoms with E-state index in [4.69, 9.17) is 11.6 Å². The summed E-state index contributed by atoms with van der Waals surface area (Å²) < 4.78 is 1.93. The molecule has 0 aliphatic carbocycles. The third-order valence-corrected chi connectivity index (χ3v) is 6.60. The van der Waals surface area contributed by atoms with Crippen LogP contribution >= 0.6 is 23.4 Å². The number of para-hydroxylation sites is 1. The molecule has 0 radical (unpaired) electrons. The first-order valence-corrected chi connectivity index (χ1v) is 12.2. The molecule has 8 nitrogen and oxygen atoms in total. The first-order chi connectivity index (χ1) is 16.5. The molecule has 10 heteroatoms. The Bertz CT molecular complexity index is 1140. The molecule has 4 rings (SSSR count). The summed E-state index contributed by atoms with van der Waals surface area (Å²) in [6.45, 7) is 6.32. The Morgan fingerprint density at radius 2 is 1.68 bits per heavy atom. The van der Waals surface area contributed by atoms with Crippen molar-refractivity contribution >= 4 is 41.0 Å². The van der Waals surface area contributed by atoms with Crippen LogP contribution in [0.3, 0.4) is 0 Å². The SMILES string of the molecule is C=CCn1c(SCC(=O)N2CCN(C(=O)Nc3ccccc3)CC2)nnc1-c1ccc(Cl)cc1. The van der Waals surface area contributed by atoms with E-state index in [1.165, 1.54) is 11.8 Å². The number of carbonyl (C=O) groups excluding carboxylic acids is 2. The van der Waals surface area contributed by atoms with Crippen molar-refractivity contribution in [3.63, 3.8) is 0 Å². The number of nitrogens with one attached hydrogen (secondary N) is 1. The number of anilines is 1. The Morgan fingerprint density at radius 3 is 2.35 bits per heavy atom. The van der Waals surface area contributed by atoms with Gasteiger partial charge < -0.3 is 15.1 Å². The normalized spacial score (nSPS) is 13.6. The standard InChI is InChI=1S/C24H25ClN6O2S/c1-2-12-31-22(18-8-10-19(25)11-9-18)27-28-24(31)34-17-21(32)29-13-15-30(16-14-29)23(33)26-20-6-4-3-5-7-20/h2-11H,1,12-17H2,(H,26,33). The smallest absolute Gasteiger partial charge is 0.321 e. The van der Waals surface area contributed by atoms with Crippen LogP contribution in [0.1, 0.15) is 0 Å². The Kier molecular flexibility index (Phi) is 7.87. The molecule has 1 aliphatic heterocycles. The van der Waals surface area contributed by atoms with Crippen LogP contribution in [0.25, 0.3) is 11.4 Å². The lowest BCUT2D eigenvalue weighted by Crippen LogP contribution is -2.52. The molecule has 1 N–H and O–H groups in total. The monoisotopic (exact) mass is 496 g/mol. The topological polar surface area (TPSA) is 83.4 Å². The number of amides is 3. The molecule has 2 heterocycles. The van der Waals surface area contributed by atoms with Crippen LogP contribution in [0.4, 0.5) is 10.5 Å². The van der Waals surface area contributed by atoms with E-state index in [-0.39, 0.29) is 17.7 Å². The number of benzene rings is 2. The van der Waals surface area contributed by atoms with Gasteiger partial charge in [-0.2, -0.15) is 0 Å². The Balaban J connectivity index is 1.31. The van der Waals surface area contributed by atoms with E-state index in [2.05, 4.69) is 22.1 Å². The van der Waals surface area contributed by atoms with Gasteiger partial charge in [0.1, 0.15) is 0 Å². The van der Waals surface area contributed by atoms with Crippen LogP contribution in [0.2, 0.25) is 5.02 Å². The average molecular weight is 497 g/mol. The molecule has 2 aromatic carbocycles. The number of urea groups is 1. The maximum Gasteiger partial charge on any atom is 0.321 e. The second-order valence-electron chi connectivity index (χ2n) is 7.67. The highest BCUT2D eigenvalue weighted by atomic mass is 35.5. The lowest BCUT2D eigenvalue weighted by atomic mass is 10.2. The maximum atomic E-state index is 12.8. The minimum atomic E-state index is -0.153. The minimum absolute atomic E-state index is 0.00862. The zero-order valence-electron chi connectivity index (χ0n) is 18.6. The van der Waals surface area contributed by atoms with Gasteiger partial charge in [0, 0.05) is 49.0 Å². The molecule has 176 valence electrons. The zero-order valence-corrected chi connectivity index (χ0v) is 20.1. The number of hydrogen-bond acceptors (Lipinski definition) is 5. The van der Waals surface area contributed by atoms with Crippen LogP contribution in [0.15, 0.2) is 72.4 Å². The lowest BCUT2D eigenvalue weighted by molar-refractivity contribution is -0.129. The minimum Gasteiger partial charge on any atom is -0.338 e. The molecular weight excluding hydrogens is 472 g/mol. The Morgan fingerprint density at radius 1 is 1.00 bits per heavy atom. The van der Waals surface area contributed by atoms with Crippen LogP contribution in [-0.2, 0) is 11.3 Å². The molecular formula is C24H25ClN6O2S. The maximum absolute atomic E-state index is 12.8. The summed E-state index contributed by atoms with van der Waals surface area (Å²) in [4.78, 5) is 28.8. The molecule has 34 heavy (non-hydrogen) atoms. The van der Waals surface area contributed by atoms with Crippen molar-refractivity contribution in [3.05, 3.63) is 72.3 Å². The quantitative estimate of drug-likeness (QED) is 0.390. The van der Waals surface area contributed by atoms with Gasteiger partial charge in [0.05, 0.1) is 5.75 Å². The fourth-order valence-corrected chi connectivity index (χ4v) is 4.58. The van der Waals surface area contributed by atoms with E-state index in [1.54, 1.807) is 28.0 Å². The number of aromatic nitrogens is 3. The summed E-state index contributed by atoms with van der Waals surface area (Å²) in [5, 5.41) is 12.8. The van der Waals surface area contributed by atoms with Crippen molar-refractivity contribution in [2.75, 3.05) is 37.2 Å². The predicted molar refractivity (Wildman–Crippen MR) is 135 cm³/mol. The molecule has 0 saturated carbocycles. The number of nitrogens with zero attached hydrogens (tertiary/aromatic N) is 5. The summed E-state index contributed by atoms with van der Waals surface area (Å²) in [5.74, 6) is 0.949.